The van der Waals surface area contributed by atoms with Crippen LogP contribution >= 0.6 is 0 Å². The number of aryl methyl sites for hydroxylation is 1. The van der Waals surface area contributed by atoms with Gasteiger partial charge in [0.2, 0.25) is 10.0 Å². The molecule has 0 amide bonds. The molecule has 1 aliphatic carbocycles. The van der Waals surface area contributed by atoms with Crippen LogP contribution in [0.25, 0.3) is 6.08 Å². The van der Waals surface area contributed by atoms with E-state index in [0.29, 0.717) is 23.5 Å². The van der Waals surface area contributed by atoms with Gasteiger partial charge in [-0.1, -0.05) is 24.3 Å². The summed E-state index contributed by atoms with van der Waals surface area (Å²) in [7, 11) is -3.60. The first-order valence-corrected chi connectivity index (χ1v) is 8.54. The second-order valence-electron chi connectivity index (χ2n) is 5.19. The molecule has 1 heterocycles. The molecule has 1 aromatic heterocycles. The molecule has 0 spiro atoms. The van der Waals surface area contributed by atoms with Crippen molar-refractivity contribution in [2.75, 3.05) is 6.54 Å². The number of fused-ring (bicyclic) bond motifs is 1. The molecule has 2 aromatic rings. The van der Waals surface area contributed by atoms with Gasteiger partial charge >= 0.3 is 0 Å². The Balaban J connectivity index is 1.73. The van der Waals surface area contributed by atoms with Crippen LogP contribution in [0, 0.1) is 0 Å². The van der Waals surface area contributed by atoms with Crippen molar-refractivity contribution < 1.29 is 17.9 Å². The fraction of sp³-hybridized carbons (Fsp3) is 0.250. The average Bonchev–Trinajstić information content (AvgIpc) is 3.07. The number of hydrogen-bond acceptors (Lipinski definition) is 4. The predicted octanol–water partition coefficient (Wildman–Crippen LogP) is 2.22. The summed E-state index contributed by atoms with van der Waals surface area (Å²) in [6.07, 6.45) is 3.29. The van der Waals surface area contributed by atoms with Gasteiger partial charge in [0.1, 0.15) is 11.9 Å². The number of sulfonamides is 1. The van der Waals surface area contributed by atoms with Crippen LogP contribution in [-0.4, -0.2) is 20.1 Å². The van der Waals surface area contributed by atoms with E-state index in [-0.39, 0.29) is 6.54 Å². The van der Waals surface area contributed by atoms with Gasteiger partial charge in [-0.2, -0.15) is 0 Å². The van der Waals surface area contributed by atoms with E-state index in [1.807, 2.05) is 24.3 Å². The molecule has 0 saturated carbocycles. The summed E-state index contributed by atoms with van der Waals surface area (Å²) >= 11 is 0. The van der Waals surface area contributed by atoms with Crippen LogP contribution in [0.15, 0.2) is 52.0 Å². The molecule has 1 atom stereocenters. The van der Waals surface area contributed by atoms with Gasteiger partial charge < -0.3 is 9.52 Å². The van der Waals surface area contributed by atoms with E-state index in [1.54, 1.807) is 18.2 Å². The highest BCUT2D eigenvalue weighted by Crippen LogP contribution is 2.26. The molecule has 0 bridgehead atoms. The monoisotopic (exact) mass is 319 g/mol. The second kappa shape index (κ2) is 6.08. The molecule has 0 aliphatic heterocycles. The molecule has 116 valence electrons. The zero-order chi connectivity index (χ0) is 15.6. The third kappa shape index (κ3) is 3.14. The summed E-state index contributed by atoms with van der Waals surface area (Å²) in [6.45, 7) is -0.116. The highest BCUT2D eigenvalue weighted by Gasteiger charge is 2.23. The minimum absolute atomic E-state index is 0.116. The number of furan rings is 1. The number of hydrogen-bond donors (Lipinski definition) is 2. The Hall–Kier alpha value is -1.89. The molecule has 1 aliphatic rings. The van der Waals surface area contributed by atoms with Crippen molar-refractivity contribution in [1.29, 1.82) is 0 Å². The zero-order valence-electron chi connectivity index (χ0n) is 11.9. The Labute approximate surface area is 129 Å². The van der Waals surface area contributed by atoms with Crippen molar-refractivity contribution >= 4 is 16.1 Å². The van der Waals surface area contributed by atoms with E-state index >= 15 is 0 Å². The first kappa shape index (κ1) is 15.0. The van der Waals surface area contributed by atoms with Crippen LogP contribution in [0.3, 0.4) is 0 Å². The van der Waals surface area contributed by atoms with Crippen molar-refractivity contribution in [3.05, 3.63) is 64.5 Å². The van der Waals surface area contributed by atoms with E-state index in [2.05, 4.69) is 4.72 Å². The molecule has 0 fully saturated rings. The largest absolute Gasteiger partial charge is 0.467 e. The third-order valence-corrected chi connectivity index (χ3v) is 5.25. The normalized spacial score (nSPS) is 16.0. The van der Waals surface area contributed by atoms with E-state index in [9.17, 15) is 13.5 Å². The van der Waals surface area contributed by atoms with Gasteiger partial charge in [0.05, 0.1) is 11.2 Å². The van der Waals surface area contributed by atoms with Crippen molar-refractivity contribution in [1.82, 2.24) is 4.72 Å². The van der Waals surface area contributed by atoms with Crippen molar-refractivity contribution in [3.63, 3.8) is 0 Å². The van der Waals surface area contributed by atoms with Gasteiger partial charge in [-0.15, -0.1) is 0 Å². The van der Waals surface area contributed by atoms with Gasteiger partial charge in [-0.25, -0.2) is 13.1 Å². The Bertz CT molecular complexity index is 778. The van der Waals surface area contributed by atoms with Crippen LogP contribution in [-0.2, 0) is 16.4 Å². The molecule has 22 heavy (non-hydrogen) atoms. The Kier molecular flexibility index (Phi) is 4.15. The van der Waals surface area contributed by atoms with Gasteiger partial charge in [0, 0.05) is 6.54 Å². The molecule has 1 unspecified atom stereocenters. The summed E-state index contributed by atoms with van der Waals surface area (Å²) < 4.78 is 32.2. The first-order chi connectivity index (χ1) is 10.6. The number of aliphatic hydroxyl groups excluding tert-OH is 1. The molecule has 0 saturated heterocycles. The van der Waals surface area contributed by atoms with Gasteiger partial charge in [0.15, 0.2) is 0 Å². The van der Waals surface area contributed by atoms with Gasteiger partial charge in [-0.3, -0.25) is 0 Å². The van der Waals surface area contributed by atoms with Crippen LogP contribution in [0.5, 0.6) is 0 Å². The number of benzene rings is 1. The Morgan fingerprint density at radius 1 is 1.18 bits per heavy atom. The maximum atomic E-state index is 12.3. The fourth-order valence-corrected chi connectivity index (χ4v) is 3.70. The number of allylic oxidation sites excluding steroid dienone is 1. The van der Waals surface area contributed by atoms with E-state index in [4.69, 9.17) is 4.42 Å². The van der Waals surface area contributed by atoms with Crippen molar-refractivity contribution in [3.8, 4) is 0 Å². The van der Waals surface area contributed by atoms with Gasteiger partial charge in [-0.05, 0) is 42.2 Å². The molecule has 6 heteroatoms. The topological polar surface area (TPSA) is 79.5 Å². The number of nitrogens with one attached hydrogen (secondary N) is 1. The lowest BCUT2D eigenvalue weighted by atomic mass is 9.98. The average molecular weight is 319 g/mol. The molecule has 0 radical (unpaired) electrons. The standard InChI is InChI=1S/C16H17NO4S/c18-15(16-6-3-9-21-16)11-17-22(19,20)14-8-7-12-4-1-2-5-13(12)10-14/h1-6,9-10,15,17-18H,7-8,11H2. The van der Waals surface area contributed by atoms with Crippen LogP contribution in [0.4, 0.5) is 0 Å². The minimum atomic E-state index is -3.60. The zero-order valence-corrected chi connectivity index (χ0v) is 12.7. The highest BCUT2D eigenvalue weighted by atomic mass is 32.2. The minimum Gasteiger partial charge on any atom is -0.467 e. The lowest BCUT2D eigenvalue weighted by Crippen LogP contribution is -2.30. The molecule has 5 nitrogen and oxygen atoms in total. The van der Waals surface area contributed by atoms with E-state index < -0.39 is 16.1 Å². The molecular formula is C16H17NO4S. The third-order valence-electron chi connectivity index (χ3n) is 3.70. The molecule has 1 aromatic carbocycles. The van der Waals surface area contributed by atoms with Crippen molar-refractivity contribution in [2.24, 2.45) is 0 Å². The van der Waals surface area contributed by atoms with Crippen LogP contribution in [0.2, 0.25) is 0 Å². The number of aliphatic hydroxyl groups is 1. The summed E-state index contributed by atoms with van der Waals surface area (Å²) in [5.74, 6) is 0.339. The molecule has 2 N–H and O–H groups in total. The predicted molar refractivity (Wildman–Crippen MR) is 83.3 cm³/mol. The number of rotatable bonds is 5. The smallest absolute Gasteiger partial charge is 0.236 e. The Morgan fingerprint density at radius 3 is 2.77 bits per heavy atom. The lowest BCUT2D eigenvalue weighted by molar-refractivity contribution is 0.154. The fourth-order valence-electron chi connectivity index (χ4n) is 2.48. The van der Waals surface area contributed by atoms with Crippen molar-refractivity contribution in [2.45, 2.75) is 18.9 Å². The maximum Gasteiger partial charge on any atom is 0.236 e. The maximum absolute atomic E-state index is 12.3. The molecular weight excluding hydrogens is 302 g/mol. The summed E-state index contributed by atoms with van der Waals surface area (Å²) in [5.41, 5.74) is 2.08. The summed E-state index contributed by atoms with van der Waals surface area (Å²) in [6, 6.07) is 11.0. The van der Waals surface area contributed by atoms with E-state index in [0.717, 1.165) is 11.1 Å². The quantitative estimate of drug-likeness (QED) is 0.885. The lowest BCUT2D eigenvalue weighted by Gasteiger charge is -2.17. The van der Waals surface area contributed by atoms with Gasteiger partial charge in [0.25, 0.3) is 0 Å². The van der Waals surface area contributed by atoms with Crippen LogP contribution in [0.1, 0.15) is 29.4 Å². The molecule has 3 rings (SSSR count). The first-order valence-electron chi connectivity index (χ1n) is 7.06. The Morgan fingerprint density at radius 2 is 2.00 bits per heavy atom. The summed E-state index contributed by atoms with van der Waals surface area (Å²) in [5, 5.41) is 9.89. The SMILES string of the molecule is O=S(=O)(NCC(O)c1ccco1)C1=Cc2ccccc2CC1. The van der Waals surface area contributed by atoms with E-state index in [1.165, 1.54) is 6.26 Å². The second-order valence-corrected chi connectivity index (χ2v) is 7.01. The highest BCUT2D eigenvalue weighted by molar-refractivity contribution is 7.93. The summed E-state index contributed by atoms with van der Waals surface area (Å²) in [4.78, 5) is 0.345. The van der Waals surface area contributed by atoms with Crippen LogP contribution < -0.4 is 4.72 Å².